The molecule has 4 aliphatic carbocycles. The Hall–Kier alpha value is -3.90. The van der Waals surface area contributed by atoms with Crippen LogP contribution < -0.4 is 0 Å². The van der Waals surface area contributed by atoms with Crippen molar-refractivity contribution in [1.82, 2.24) is 0 Å². The van der Waals surface area contributed by atoms with Gasteiger partial charge >= 0.3 is 0 Å². The van der Waals surface area contributed by atoms with Gasteiger partial charge < -0.3 is 0 Å². The summed E-state index contributed by atoms with van der Waals surface area (Å²) < 4.78 is 0. The predicted octanol–water partition coefficient (Wildman–Crippen LogP) is 11.3. The Labute approximate surface area is 257 Å². The molecule has 0 atom stereocenters. The number of hydrogen-bond donors (Lipinski definition) is 0. The zero-order valence-electron chi connectivity index (χ0n) is 26.6. The van der Waals surface area contributed by atoms with Crippen molar-refractivity contribution >= 4 is 22.3 Å². The van der Waals surface area contributed by atoms with E-state index in [4.69, 9.17) is 0 Å². The fourth-order valence-corrected chi connectivity index (χ4v) is 9.60. The molecule has 0 aromatic heterocycles. The molecular formula is C43H42. The lowest BCUT2D eigenvalue weighted by Crippen LogP contribution is -2.20. The molecule has 0 heteroatoms. The van der Waals surface area contributed by atoms with Gasteiger partial charge in [0.1, 0.15) is 0 Å². The fourth-order valence-electron chi connectivity index (χ4n) is 9.60. The zero-order chi connectivity index (χ0) is 29.6. The molecule has 4 aromatic carbocycles. The summed E-state index contributed by atoms with van der Waals surface area (Å²) in [5.41, 5.74) is 26.3. The van der Waals surface area contributed by atoms with Crippen LogP contribution in [0.2, 0.25) is 0 Å². The highest BCUT2D eigenvalue weighted by Gasteiger charge is 2.49. The molecule has 8 rings (SSSR count). The van der Waals surface area contributed by atoms with Crippen LogP contribution in [0, 0.1) is 53.4 Å². The van der Waals surface area contributed by atoms with Crippen molar-refractivity contribution in [3.8, 4) is 0 Å². The number of benzene rings is 4. The Morgan fingerprint density at radius 1 is 0.442 bits per heavy atom. The molecule has 1 saturated carbocycles. The van der Waals surface area contributed by atoms with Crippen LogP contribution in [-0.4, -0.2) is 0 Å². The second-order valence-corrected chi connectivity index (χ2v) is 13.8. The minimum Gasteiger partial charge on any atom is -0.0616 e. The predicted molar refractivity (Wildman–Crippen MR) is 183 cm³/mol. The van der Waals surface area contributed by atoms with Crippen LogP contribution in [0.15, 0.2) is 83.9 Å². The molecule has 0 radical (unpaired) electrons. The normalized spacial score (nSPS) is 18.0. The first kappa shape index (κ1) is 26.7. The van der Waals surface area contributed by atoms with E-state index < -0.39 is 0 Å². The molecule has 4 aliphatic rings. The van der Waals surface area contributed by atoms with E-state index in [1.807, 2.05) is 0 Å². The molecule has 0 bridgehead atoms. The second-order valence-electron chi connectivity index (χ2n) is 13.8. The van der Waals surface area contributed by atoms with Gasteiger partial charge in [-0.3, -0.25) is 0 Å². The SMILES string of the molecule is Cc1cc(C)c(C2=C3C(=C4C(=C(c5c(C)cc(C)cc5C)c5ccccc54)C3C3CCCCC3)c3ccccc32)c(C)c1. The Morgan fingerprint density at radius 2 is 0.791 bits per heavy atom. The third-order valence-corrected chi connectivity index (χ3v) is 10.9. The van der Waals surface area contributed by atoms with Gasteiger partial charge in [0.15, 0.2) is 0 Å². The summed E-state index contributed by atoms with van der Waals surface area (Å²) in [7, 11) is 0. The summed E-state index contributed by atoms with van der Waals surface area (Å²) in [6.07, 6.45) is 6.72. The van der Waals surface area contributed by atoms with Crippen LogP contribution in [0.25, 0.3) is 22.3 Å². The molecule has 0 nitrogen and oxygen atoms in total. The van der Waals surface area contributed by atoms with E-state index in [-0.39, 0.29) is 0 Å². The lowest BCUT2D eigenvalue weighted by atomic mass is 9.71. The first-order chi connectivity index (χ1) is 20.8. The maximum absolute atomic E-state index is 2.41. The molecule has 0 amide bonds. The summed E-state index contributed by atoms with van der Waals surface area (Å²) in [6, 6.07) is 28.2. The van der Waals surface area contributed by atoms with Crippen LogP contribution >= 0.6 is 0 Å². The Balaban J connectivity index is 1.55. The summed E-state index contributed by atoms with van der Waals surface area (Å²) in [4.78, 5) is 0. The average molecular weight is 559 g/mol. The van der Waals surface area contributed by atoms with Gasteiger partial charge in [-0.15, -0.1) is 0 Å². The van der Waals surface area contributed by atoms with E-state index in [2.05, 4.69) is 114 Å². The van der Waals surface area contributed by atoms with Crippen molar-refractivity contribution in [2.45, 2.75) is 73.6 Å². The molecule has 0 saturated heterocycles. The minimum atomic E-state index is 0.412. The van der Waals surface area contributed by atoms with Crippen molar-refractivity contribution in [1.29, 1.82) is 0 Å². The number of aryl methyl sites for hydroxylation is 6. The highest BCUT2D eigenvalue weighted by molar-refractivity contribution is 6.25. The number of fused-ring (bicyclic) bond motifs is 6. The maximum atomic E-state index is 2.41. The molecule has 0 heterocycles. The molecular weight excluding hydrogens is 516 g/mol. The van der Waals surface area contributed by atoms with E-state index >= 15 is 0 Å². The Kier molecular flexibility index (Phi) is 6.10. The first-order valence-corrected chi connectivity index (χ1v) is 16.4. The van der Waals surface area contributed by atoms with Crippen LogP contribution in [0.1, 0.15) is 98.9 Å². The average Bonchev–Trinajstić information content (AvgIpc) is 3.59. The van der Waals surface area contributed by atoms with Crippen LogP contribution in [-0.2, 0) is 0 Å². The van der Waals surface area contributed by atoms with Crippen molar-refractivity contribution in [2.24, 2.45) is 11.8 Å². The summed E-state index contributed by atoms with van der Waals surface area (Å²) in [5.74, 6) is 1.08. The van der Waals surface area contributed by atoms with Crippen molar-refractivity contribution in [2.75, 3.05) is 0 Å². The highest BCUT2D eigenvalue weighted by Crippen LogP contribution is 2.66. The van der Waals surface area contributed by atoms with Gasteiger partial charge in [-0.05, 0) is 149 Å². The van der Waals surface area contributed by atoms with Crippen molar-refractivity contribution < 1.29 is 0 Å². The van der Waals surface area contributed by atoms with Gasteiger partial charge in [-0.25, -0.2) is 0 Å². The molecule has 0 spiro atoms. The lowest BCUT2D eigenvalue weighted by Gasteiger charge is -2.32. The smallest absolute Gasteiger partial charge is 0.0143 e. The quantitative estimate of drug-likeness (QED) is 0.235. The minimum absolute atomic E-state index is 0.412. The van der Waals surface area contributed by atoms with Gasteiger partial charge in [-0.2, -0.15) is 0 Å². The third kappa shape index (κ3) is 3.81. The topological polar surface area (TPSA) is 0 Å². The van der Waals surface area contributed by atoms with E-state index in [0.717, 1.165) is 0 Å². The van der Waals surface area contributed by atoms with Crippen LogP contribution in [0.5, 0.6) is 0 Å². The zero-order valence-corrected chi connectivity index (χ0v) is 26.6. The molecule has 0 aliphatic heterocycles. The molecule has 0 N–H and O–H groups in total. The largest absolute Gasteiger partial charge is 0.0616 e. The van der Waals surface area contributed by atoms with Gasteiger partial charge in [-0.1, -0.05) is 103 Å². The monoisotopic (exact) mass is 558 g/mol. The molecule has 0 unspecified atom stereocenters. The first-order valence-electron chi connectivity index (χ1n) is 16.4. The molecule has 1 fully saturated rings. The summed E-state index contributed by atoms with van der Waals surface area (Å²) >= 11 is 0. The third-order valence-electron chi connectivity index (χ3n) is 10.9. The standard InChI is InChI=1S/C43H42/c1-24-20-26(3)35(27(4)21-24)38-31-16-10-12-18-33(31)40-41-34-19-13-11-17-32(34)39(36-28(5)22-25(2)23-29(36)6)43(41)37(42(38)40)30-14-8-7-9-15-30/h10-13,16-23,30,37H,7-9,14-15H2,1-6H3. The Morgan fingerprint density at radius 3 is 1.16 bits per heavy atom. The molecule has 4 aromatic rings. The maximum Gasteiger partial charge on any atom is 0.0143 e. The lowest BCUT2D eigenvalue weighted by molar-refractivity contribution is 0.311. The van der Waals surface area contributed by atoms with Gasteiger partial charge in [0.25, 0.3) is 0 Å². The van der Waals surface area contributed by atoms with Crippen LogP contribution in [0.3, 0.4) is 0 Å². The molecule has 214 valence electrons. The summed E-state index contributed by atoms with van der Waals surface area (Å²) in [5, 5.41) is 0. The van der Waals surface area contributed by atoms with E-state index in [0.29, 0.717) is 11.8 Å². The number of hydrogen-bond acceptors (Lipinski definition) is 0. The Bertz CT molecular complexity index is 1770. The highest BCUT2D eigenvalue weighted by atomic mass is 14.5. The van der Waals surface area contributed by atoms with Crippen LogP contribution in [0.4, 0.5) is 0 Å². The van der Waals surface area contributed by atoms with Crippen molar-refractivity contribution in [3.05, 3.63) is 151 Å². The summed E-state index contributed by atoms with van der Waals surface area (Å²) in [6.45, 7) is 13.8. The second kappa shape index (κ2) is 9.81. The number of rotatable bonds is 3. The van der Waals surface area contributed by atoms with Gasteiger partial charge in [0.05, 0.1) is 0 Å². The van der Waals surface area contributed by atoms with Gasteiger partial charge in [0, 0.05) is 5.92 Å². The van der Waals surface area contributed by atoms with E-state index in [1.165, 1.54) is 121 Å². The van der Waals surface area contributed by atoms with Crippen molar-refractivity contribution in [3.63, 3.8) is 0 Å². The molecule has 43 heavy (non-hydrogen) atoms. The van der Waals surface area contributed by atoms with Gasteiger partial charge in [0.2, 0.25) is 0 Å². The van der Waals surface area contributed by atoms with E-state index in [1.54, 1.807) is 11.1 Å². The van der Waals surface area contributed by atoms with E-state index in [9.17, 15) is 0 Å². The fraction of sp³-hybridized carbons (Fsp3) is 0.302. The number of allylic oxidation sites excluding steroid dienone is 4.